The maximum Gasteiger partial charge on any atom is 0.253 e. The van der Waals surface area contributed by atoms with Crippen LogP contribution in [-0.4, -0.2) is 42.5 Å². The second-order valence-electron chi connectivity index (χ2n) is 6.72. The number of carbonyl (C=O) groups excluding carboxylic acids is 1. The lowest BCUT2D eigenvalue weighted by molar-refractivity contribution is 0.0948. The van der Waals surface area contributed by atoms with Crippen LogP contribution in [0.25, 0.3) is 0 Å². The molecule has 25 heavy (non-hydrogen) atoms. The van der Waals surface area contributed by atoms with Gasteiger partial charge >= 0.3 is 0 Å². The van der Waals surface area contributed by atoms with E-state index in [4.69, 9.17) is 0 Å². The maximum atomic E-state index is 12.5. The van der Waals surface area contributed by atoms with Crippen LogP contribution in [0.15, 0.2) is 42.6 Å². The molecule has 1 aliphatic rings. The van der Waals surface area contributed by atoms with E-state index in [0.29, 0.717) is 18.0 Å². The molecule has 3 rings (SSSR count). The van der Waals surface area contributed by atoms with Crippen molar-refractivity contribution in [2.24, 2.45) is 5.92 Å². The Kier molecular flexibility index (Phi) is 5.66. The number of pyridine rings is 1. The molecule has 1 aromatic carbocycles. The molecule has 0 spiro atoms. The minimum absolute atomic E-state index is 0.00349. The van der Waals surface area contributed by atoms with Gasteiger partial charge in [0, 0.05) is 38.6 Å². The van der Waals surface area contributed by atoms with Crippen molar-refractivity contribution < 1.29 is 4.79 Å². The largest absolute Gasteiger partial charge is 0.387 e. The Labute approximate surface area is 149 Å². The summed E-state index contributed by atoms with van der Waals surface area (Å²) in [6, 6.07) is 11.9. The van der Waals surface area contributed by atoms with Gasteiger partial charge in [0.2, 0.25) is 0 Å². The number of amides is 1. The second-order valence-corrected chi connectivity index (χ2v) is 6.72. The van der Waals surface area contributed by atoms with Crippen molar-refractivity contribution in [1.29, 1.82) is 0 Å². The molecule has 1 aromatic heterocycles. The lowest BCUT2D eigenvalue weighted by atomic mass is 10.1. The number of nitrogens with one attached hydrogen (secondary N) is 2. The molecule has 1 amide bonds. The van der Waals surface area contributed by atoms with Gasteiger partial charge in [0.25, 0.3) is 5.91 Å². The predicted molar refractivity (Wildman–Crippen MR) is 101 cm³/mol. The number of hydrogen-bond donors (Lipinski definition) is 2. The molecule has 1 atom stereocenters. The van der Waals surface area contributed by atoms with Gasteiger partial charge in [-0.3, -0.25) is 14.7 Å². The van der Waals surface area contributed by atoms with E-state index in [1.807, 2.05) is 50.5 Å². The fraction of sp³-hybridized carbons (Fsp3) is 0.400. The van der Waals surface area contributed by atoms with Crippen LogP contribution in [-0.2, 0) is 6.54 Å². The maximum absolute atomic E-state index is 12.5. The van der Waals surface area contributed by atoms with Crippen LogP contribution in [0.2, 0.25) is 0 Å². The summed E-state index contributed by atoms with van der Waals surface area (Å²) < 4.78 is 0. The predicted octanol–water partition coefficient (Wildman–Crippen LogP) is 2.68. The number of anilines is 1. The van der Waals surface area contributed by atoms with Crippen LogP contribution in [0.3, 0.4) is 0 Å². The highest BCUT2D eigenvalue weighted by Gasteiger charge is 2.23. The average Bonchev–Trinajstić information content (AvgIpc) is 3.08. The average molecular weight is 338 g/mol. The topological polar surface area (TPSA) is 57.3 Å². The highest BCUT2D eigenvalue weighted by molar-refractivity contribution is 5.99. The zero-order valence-corrected chi connectivity index (χ0v) is 15.0. The summed E-state index contributed by atoms with van der Waals surface area (Å²) in [5, 5.41) is 6.20. The first kappa shape index (κ1) is 17.4. The third-order valence-corrected chi connectivity index (χ3v) is 4.72. The molecule has 132 valence electrons. The summed E-state index contributed by atoms with van der Waals surface area (Å²) in [5.74, 6) is 0.492. The van der Waals surface area contributed by atoms with Gasteiger partial charge in [-0.05, 0) is 50.1 Å². The van der Waals surface area contributed by atoms with E-state index in [1.54, 1.807) is 0 Å². The molecule has 2 heterocycles. The number of likely N-dealkylation sites (tertiary alicyclic amines) is 1. The highest BCUT2D eigenvalue weighted by atomic mass is 16.1. The standard InChI is InChI=1S/C20H26N4O/c1-15-6-7-19(21-2)18(11-15)20(25)23-12-16-8-10-24(13-16)14-17-5-3-4-9-22-17/h3-7,9,11,16,21H,8,10,12-14H2,1-2H3,(H,23,25). The molecule has 0 radical (unpaired) electrons. The summed E-state index contributed by atoms with van der Waals surface area (Å²) in [7, 11) is 1.84. The quantitative estimate of drug-likeness (QED) is 0.850. The summed E-state index contributed by atoms with van der Waals surface area (Å²) >= 11 is 0. The van der Waals surface area contributed by atoms with Crippen molar-refractivity contribution in [3.63, 3.8) is 0 Å². The van der Waals surface area contributed by atoms with Crippen LogP contribution >= 0.6 is 0 Å². The molecule has 5 nitrogen and oxygen atoms in total. The Morgan fingerprint density at radius 1 is 1.32 bits per heavy atom. The first-order valence-electron chi connectivity index (χ1n) is 8.84. The number of aryl methyl sites for hydroxylation is 1. The van der Waals surface area contributed by atoms with E-state index in [-0.39, 0.29) is 5.91 Å². The van der Waals surface area contributed by atoms with Crippen molar-refractivity contribution in [3.8, 4) is 0 Å². The Morgan fingerprint density at radius 3 is 2.96 bits per heavy atom. The summed E-state index contributed by atoms with van der Waals surface area (Å²) in [5.41, 5.74) is 3.77. The number of carbonyl (C=O) groups is 1. The van der Waals surface area contributed by atoms with Crippen LogP contribution in [0.4, 0.5) is 5.69 Å². The molecular formula is C20H26N4O. The number of rotatable bonds is 6. The van der Waals surface area contributed by atoms with Crippen LogP contribution in [0.1, 0.15) is 28.0 Å². The van der Waals surface area contributed by atoms with Gasteiger partial charge in [-0.1, -0.05) is 17.7 Å². The molecule has 1 unspecified atom stereocenters. The van der Waals surface area contributed by atoms with Crippen molar-refractivity contribution in [2.45, 2.75) is 19.9 Å². The highest BCUT2D eigenvalue weighted by Crippen LogP contribution is 2.19. The summed E-state index contributed by atoms with van der Waals surface area (Å²) in [4.78, 5) is 19.3. The van der Waals surface area contributed by atoms with E-state index >= 15 is 0 Å². The first-order chi connectivity index (χ1) is 12.2. The minimum Gasteiger partial charge on any atom is -0.387 e. The smallest absolute Gasteiger partial charge is 0.253 e. The van der Waals surface area contributed by atoms with E-state index < -0.39 is 0 Å². The molecule has 1 fully saturated rings. The zero-order chi connectivity index (χ0) is 17.6. The fourth-order valence-electron chi connectivity index (χ4n) is 3.34. The van der Waals surface area contributed by atoms with E-state index in [9.17, 15) is 4.79 Å². The van der Waals surface area contributed by atoms with Crippen molar-refractivity contribution in [1.82, 2.24) is 15.2 Å². The lowest BCUT2D eigenvalue weighted by Crippen LogP contribution is -2.31. The third-order valence-electron chi connectivity index (χ3n) is 4.72. The minimum atomic E-state index is -0.00349. The van der Waals surface area contributed by atoms with Crippen LogP contribution < -0.4 is 10.6 Å². The van der Waals surface area contributed by atoms with Crippen molar-refractivity contribution >= 4 is 11.6 Å². The molecule has 0 bridgehead atoms. The molecular weight excluding hydrogens is 312 g/mol. The second kappa shape index (κ2) is 8.12. The summed E-state index contributed by atoms with van der Waals surface area (Å²) in [6.45, 7) is 5.66. The molecule has 0 saturated carbocycles. The molecule has 2 aromatic rings. The SMILES string of the molecule is CNc1ccc(C)cc1C(=O)NCC1CCN(Cc2ccccn2)C1. The lowest BCUT2D eigenvalue weighted by Gasteiger charge is -2.16. The number of nitrogens with zero attached hydrogens (tertiary/aromatic N) is 2. The Bertz CT molecular complexity index is 717. The molecule has 0 aliphatic carbocycles. The van der Waals surface area contributed by atoms with Crippen LogP contribution in [0, 0.1) is 12.8 Å². The van der Waals surface area contributed by atoms with Crippen molar-refractivity contribution in [2.75, 3.05) is 32.0 Å². The molecule has 1 saturated heterocycles. The molecule has 1 aliphatic heterocycles. The number of aromatic nitrogens is 1. The van der Waals surface area contributed by atoms with Gasteiger partial charge in [-0.15, -0.1) is 0 Å². The molecule has 2 N–H and O–H groups in total. The Balaban J connectivity index is 1.51. The zero-order valence-electron chi connectivity index (χ0n) is 15.0. The van der Waals surface area contributed by atoms with Crippen molar-refractivity contribution in [3.05, 3.63) is 59.4 Å². The van der Waals surface area contributed by atoms with Gasteiger partial charge in [0.1, 0.15) is 0 Å². The van der Waals surface area contributed by atoms with E-state index in [2.05, 4.69) is 26.6 Å². The van der Waals surface area contributed by atoms with E-state index in [1.165, 1.54) is 0 Å². The number of hydrogen-bond acceptors (Lipinski definition) is 4. The molecule has 5 heteroatoms. The van der Waals surface area contributed by atoms with Gasteiger partial charge in [0.15, 0.2) is 0 Å². The normalized spacial score (nSPS) is 17.4. The van der Waals surface area contributed by atoms with Crippen LogP contribution in [0.5, 0.6) is 0 Å². The van der Waals surface area contributed by atoms with E-state index in [0.717, 1.165) is 43.0 Å². The third kappa shape index (κ3) is 4.57. The van der Waals surface area contributed by atoms with Gasteiger partial charge in [-0.2, -0.15) is 0 Å². The first-order valence-corrected chi connectivity index (χ1v) is 8.84. The number of benzene rings is 1. The monoisotopic (exact) mass is 338 g/mol. The summed E-state index contributed by atoms with van der Waals surface area (Å²) in [6.07, 6.45) is 2.95. The van der Waals surface area contributed by atoms with Gasteiger partial charge in [0.05, 0.1) is 11.3 Å². The van der Waals surface area contributed by atoms with Gasteiger partial charge in [-0.25, -0.2) is 0 Å². The van der Waals surface area contributed by atoms with Gasteiger partial charge < -0.3 is 10.6 Å². The fourth-order valence-corrected chi connectivity index (χ4v) is 3.34. The Hall–Kier alpha value is -2.40. The Morgan fingerprint density at radius 2 is 2.20 bits per heavy atom.